The van der Waals surface area contributed by atoms with Crippen LogP contribution < -0.4 is 0 Å². The minimum atomic E-state index is 0. The number of halogens is 2. The minimum absolute atomic E-state index is 0. The van der Waals surface area contributed by atoms with Gasteiger partial charge in [-0.15, -0.1) is 47.1 Å². The molecule has 304 valence electrons. The molecule has 4 aliphatic carbocycles. The van der Waals surface area contributed by atoms with Crippen molar-refractivity contribution < 1.29 is 46.0 Å². The normalized spacial score (nSPS) is 11.2. The topological polar surface area (TPSA) is 0 Å². The molecule has 0 fully saturated rings. The van der Waals surface area contributed by atoms with Gasteiger partial charge in [-0.3, -0.25) is 0 Å². The molecule has 0 nitrogen and oxygen atoms in total. The maximum Gasteiger partial charge on any atom is -0.0253 e. The van der Waals surface area contributed by atoms with Crippen LogP contribution in [0.2, 0.25) is 26.2 Å². The van der Waals surface area contributed by atoms with Gasteiger partial charge in [0.25, 0.3) is 0 Å². The van der Waals surface area contributed by atoms with E-state index in [9.17, 15) is 0 Å². The largest absolute Gasteiger partial charge is 0.179 e. The Bertz CT molecular complexity index is 2230. The van der Waals surface area contributed by atoms with Crippen LogP contribution >= 0.6 is 24.8 Å². The van der Waals surface area contributed by atoms with Crippen molar-refractivity contribution in [1.29, 1.82) is 0 Å². The second kappa shape index (κ2) is 24.5. The van der Waals surface area contributed by atoms with Gasteiger partial charge in [0, 0.05) is 0 Å². The molecule has 0 saturated carbocycles. The molecule has 0 unspecified atom stereocenters. The monoisotopic (exact) mass is 1210 g/mol. The van der Waals surface area contributed by atoms with Crippen molar-refractivity contribution in [1.82, 2.24) is 0 Å². The number of hydrogen-bond acceptors (Lipinski definition) is 0. The van der Waals surface area contributed by atoms with Gasteiger partial charge in [0.1, 0.15) is 0 Å². The quantitative estimate of drug-likeness (QED) is 0.105. The van der Waals surface area contributed by atoms with E-state index in [-0.39, 0.29) is 35.8 Å². The van der Waals surface area contributed by atoms with Crippen LogP contribution in [0.4, 0.5) is 0 Å². The van der Waals surface area contributed by atoms with Crippen molar-refractivity contribution in [2.24, 2.45) is 0 Å². The average molecular weight is 1210 g/mol. The molecule has 8 aromatic carbocycles. The Labute approximate surface area is 412 Å². The van der Waals surface area contributed by atoms with Gasteiger partial charge in [-0.05, 0) is 25.7 Å². The van der Waals surface area contributed by atoms with Crippen LogP contribution in [-0.4, -0.2) is 11.0 Å². The molecule has 12 rings (SSSR count). The van der Waals surface area contributed by atoms with E-state index in [2.05, 4.69) is 196 Å². The second-order valence-corrected chi connectivity index (χ2v) is 41.1. The molecule has 0 aromatic heterocycles. The third-order valence-electron chi connectivity index (χ3n) is 10.5. The van der Waals surface area contributed by atoms with Crippen LogP contribution in [0, 0.1) is 24.3 Å². The van der Waals surface area contributed by atoms with Crippen LogP contribution in [-0.2, 0) is 71.7 Å². The summed E-state index contributed by atoms with van der Waals surface area (Å²) in [6.45, 7) is 9.32. The smallest absolute Gasteiger partial charge is 0.0253 e. The molecular weight excluding hydrogens is 1160 g/mol. The van der Waals surface area contributed by atoms with Gasteiger partial charge in [-0.2, -0.15) is 119 Å². The average Bonchev–Trinajstić information content (AvgIpc) is 4.04. The standard InChI is InChI=1S/4C13H9.2C2H6Si.2ClH.2Hf/c4*1-3-7-12-10(5-1)9-11-6-2-4-8-13(11)12;2*1-3-2;;;;/h4*1-5,7-8H,9H2;2*1-2H3;2*1H;;/q4*-1;;;;;2*+2. The van der Waals surface area contributed by atoms with E-state index in [0.29, 0.717) is 0 Å². The van der Waals surface area contributed by atoms with E-state index in [0.717, 1.165) is 25.7 Å². The summed E-state index contributed by atoms with van der Waals surface area (Å²) >= 11 is 2.90. The fourth-order valence-electron chi connectivity index (χ4n) is 7.99. The van der Waals surface area contributed by atoms with E-state index in [4.69, 9.17) is 0 Å². The zero-order chi connectivity index (χ0) is 41.8. The van der Waals surface area contributed by atoms with Gasteiger partial charge >= 0.3 is 83.2 Å². The van der Waals surface area contributed by atoms with Gasteiger partial charge in [-0.25, -0.2) is 0 Å². The maximum atomic E-state index is 3.30. The predicted octanol–water partition coefficient (Wildman–Crippen LogP) is 14.6. The Morgan fingerprint density at radius 2 is 0.484 bits per heavy atom. The van der Waals surface area contributed by atoms with Crippen molar-refractivity contribution in [3.63, 3.8) is 0 Å². The van der Waals surface area contributed by atoms with E-state index in [1.807, 2.05) is 24.3 Å². The van der Waals surface area contributed by atoms with Crippen LogP contribution in [0.1, 0.15) is 44.5 Å². The number of benzene rings is 8. The predicted molar refractivity (Wildman–Crippen MR) is 264 cm³/mol. The molecule has 0 amide bonds. The van der Waals surface area contributed by atoms with E-state index >= 15 is 0 Å². The SMILES string of the molecule is C[Si](C)=[Hf+2].C[Si](C)=[Hf+2].Cl.Cl.[c-]1cccc2c1Cc1ccccc1-2.[c-]1cccc2c1Cc1ccccc1-2.[c-]1cccc2c1Cc1ccccc1-2.[c-]1cccc2c1Cc1ccccc1-2. The summed E-state index contributed by atoms with van der Waals surface area (Å²) < 4.78 is 0. The van der Waals surface area contributed by atoms with Crippen molar-refractivity contribution in [2.75, 3.05) is 0 Å². The fraction of sp³-hybridized carbons (Fsp3) is 0.143. The summed E-state index contributed by atoms with van der Waals surface area (Å²) in [4.78, 5) is 0. The van der Waals surface area contributed by atoms with Crippen molar-refractivity contribution in [3.05, 3.63) is 239 Å². The molecule has 0 saturated heterocycles. The number of rotatable bonds is 0. The van der Waals surface area contributed by atoms with Gasteiger partial charge in [0.15, 0.2) is 0 Å². The van der Waals surface area contributed by atoms with E-state index in [1.165, 1.54) is 135 Å². The fourth-order valence-corrected chi connectivity index (χ4v) is 7.99. The molecular formula is C56H50Cl2Hf2Si2. The van der Waals surface area contributed by atoms with Gasteiger partial charge in [0.05, 0.1) is 0 Å². The Hall–Kier alpha value is -3.49. The summed E-state index contributed by atoms with van der Waals surface area (Å²) in [5.41, 5.74) is 22.6. The van der Waals surface area contributed by atoms with Crippen molar-refractivity contribution in [3.8, 4) is 44.5 Å². The zero-order valence-electron chi connectivity index (χ0n) is 35.8. The molecule has 4 aliphatic rings. The molecule has 0 bridgehead atoms. The van der Waals surface area contributed by atoms with Crippen LogP contribution in [0.25, 0.3) is 44.5 Å². The summed E-state index contributed by atoms with van der Waals surface area (Å²) in [6.07, 6.45) is 4.19. The summed E-state index contributed by atoms with van der Waals surface area (Å²) in [5.74, 6) is 0. The minimum Gasteiger partial charge on any atom is -0.179 e. The summed E-state index contributed by atoms with van der Waals surface area (Å²) in [6, 6.07) is 72.4. The molecule has 6 heteroatoms. The number of hydrogen-bond donors (Lipinski definition) is 0. The maximum absolute atomic E-state index is 3.30. The molecule has 0 N–H and O–H groups in total. The van der Waals surface area contributed by atoms with Crippen molar-refractivity contribution in [2.45, 2.75) is 51.9 Å². The Balaban J connectivity index is 0.000000146. The molecule has 0 radical (unpaired) electrons. The number of fused-ring (bicyclic) bond motifs is 12. The molecule has 8 aromatic rings. The third kappa shape index (κ3) is 12.8. The van der Waals surface area contributed by atoms with Gasteiger partial charge in [-0.1, -0.05) is 142 Å². The Morgan fingerprint density at radius 3 is 0.694 bits per heavy atom. The molecule has 0 spiro atoms. The first-order valence-electron chi connectivity index (χ1n) is 20.6. The first-order valence-corrected chi connectivity index (χ1v) is 36.4. The second-order valence-electron chi connectivity index (χ2n) is 15.6. The first kappa shape index (κ1) is 49.5. The summed E-state index contributed by atoms with van der Waals surface area (Å²) in [5, 5.41) is 0. The van der Waals surface area contributed by atoms with Crippen LogP contribution in [0.3, 0.4) is 0 Å². The van der Waals surface area contributed by atoms with Crippen LogP contribution in [0.5, 0.6) is 0 Å². The molecule has 62 heavy (non-hydrogen) atoms. The Kier molecular flexibility index (Phi) is 19.6. The summed E-state index contributed by atoms with van der Waals surface area (Å²) in [7, 11) is 0. The van der Waals surface area contributed by atoms with Crippen molar-refractivity contribution >= 4 is 35.8 Å². The van der Waals surface area contributed by atoms with Crippen LogP contribution in [0.15, 0.2) is 170 Å². The third-order valence-corrected chi connectivity index (χ3v) is 10.5. The van der Waals surface area contributed by atoms with E-state index in [1.54, 1.807) is 0 Å². The molecule has 0 atom stereocenters. The molecule has 0 heterocycles. The zero-order valence-corrected chi connectivity index (χ0v) is 46.6. The van der Waals surface area contributed by atoms with Gasteiger partial charge in [0.2, 0.25) is 0 Å². The Morgan fingerprint density at radius 1 is 0.306 bits per heavy atom. The first-order chi connectivity index (χ1) is 29.3. The molecule has 0 aliphatic heterocycles. The van der Waals surface area contributed by atoms with Gasteiger partial charge < -0.3 is 0 Å². The van der Waals surface area contributed by atoms with E-state index < -0.39 is 0 Å².